The second kappa shape index (κ2) is 7.60. The van der Waals surface area contributed by atoms with Crippen molar-refractivity contribution in [3.63, 3.8) is 0 Å². The number of rotatable bonds is 4. The lowest BCUT2D eigenvalue weighted by Crippen LogP contribution is -2.19. The number of nitrogens with two attached hydrogens (primary N) is 1. The van der Waals surface area contributed by atoms with Crippen LogP contribution in [-0.4, -0.2) is 6.18 Å². The van der Waals surface area contributed by atoms with E-state index in [1.807, 2.05) is 0 Å². The molecule has 0 aliphatic heterocycles. The van der Waals surface area contributed by atoms with Crippen molar-refractivity contribution in [2.45, 2.75) is 25.6 Å². The summed E-state index contributed by atoms with van der Waals surface area (Å²) in [6.45, 7) is 1.98. The summed E-state index contributed by atoms with van der Waals surface area (Å²) in [6.07, 6.45) is -1.91. The zero-order valence-electron chi connectivity index (χ0n) is 12.9. The Balaban J connectivity index is 2.38. The number of alkyl halides is 3. The molecule has 0 fully saturated rings. The highest BCUT2D eigenvalue weighted by Gasteiger charge is 2.39. The van der Waals surface area contributed by atoms with Gasteiger partial charge in [0.1, 0.15) is 0 Å². The van der Waals surface area contributed by atoms with Gasteiger partial charge in [0.25, 0.3) is 0 Å². The summed E-state index contributed by atoms with van der Waals surface area (Å²) < 4.78 is 40.3. The first kappa shape index (κ1) is 18.8. The maximum Gasteiger partial charge on any atom is 0.399 e. The van der Waals surface area contributed by atoms with Crippen LogP contribution in [0.25, 0.3) is 6.08 Å². The molecule has 1 atom stereocenters. The molecule has 0 saturated heterocycles. The predicted molar refractivity (Wildman–Crippen MR) is 93.4 cm³/mol. The lowest BCUT2D eigenvalue weighted by atomic mass is 9.95. The third-order valence-corrected chi connectivity index (χ3v) is 4.12. The number of aryl methyl sites for hydroxylation is 1. The number of benzene rings is 2. The first-order valence-corrected chi connectivity index (χ1v) is 7.97. The van der Waals surface area contributed by atoms with Crippen molar-refractivity contribution < 1.29 is 13.2 Å². The zero-order chi connectivity index (χ0) is 17.9. The molecule has 2 rings (SSSR count). The molecule has 0 aliphatic carbocycles. The van der Waals surface area contributed by atoms with Gasteiger partial charge in [0.2, 0.25) is 0 Å². The van der Waals surface area contributed by atoms with Crippen LogP contribution >= 0.6 is 23.2 Å². The third kappa shape index (κ3) is 4.76. The second-order valence-corrected chi connectivity index (χ2v) is 6.34. The van der Waals surface area contributed by atoms with Crippen LogP contribution in [0.5, 0.6) is 0 Å². The van der Waals surface area contributed by atoms with Crippen LogP contribution < -0.4 is 5.73 Å². The van der Waals surface area contributed by atoms with Crippen LogP contribution in [0.3, 0.4) is 0 Å². The minimum absolute atomic E-state index is 0.105. The van der Waals surface area contributed by atoms with Gasteiger partial charge in [-0.15, -0.1) is 0 Å². The van der Waals surface area contributed by atoms with Gasteiger partial charge < -0.3 is 5.73 Å². The van der Waals surface area contributed by atoms with Crippen molar-refractivity contribution in [3.05, 3.63) is 74.8 Å². The molecule has 0 aromatic heterocycles. The molecular weight excluding hydrogens is 358 g/mol. The van der Waals surface area contributed by atoms with Crippen molar-refractivity contribution in [3.8, 4) is 0 Å². The van der Waals surface area contributed by atoms with E-state index < -0.39 is 12.1 Å². The Morgan fingerprint density at radius 2 is 1.83 bits per heavy atom. The largest absolute Gasteiger partial charge is 0.399 e. The molecule has 6 heteroatoms. The molecule has 0 aliphatic rings. The van der Waals surface area contributed by atoms with Crippen LogP contribution in [0.1, 0.15) is 28.2 Å². The van der Waals surface area contributed by atoms with Gasteiger partial charge in [0.05, 0.1) is 5.92 Å². The van der Waals surface area contributed by atoms with Crippen LogP contribution in [-0.2, 0) is 6.54 Å². The van der Waals surface area contributed by atoms with E-state index in [-0.39, 0.29) is 17.1 Å². The van der Waals surface area contributed by atoms with E-state index in [2.05, 4.69) is 0 Å². The van der Waals surface area contributed by atoms with Crippen molar-refractivity contribution >= 4 is 29.3 Å². The summed E-state index contributed by atoms with van der Waals surface area (Å²) in [7, 11) is 0. The lowest BCUT2D eigenvalue weighted by molar-refractivity contribution is -0.139. The van der Waals surface area contributed by atoms with Gasteiger partial charge in [0.15, 0.2) is 0 Å². The van der Waals surface area contributed by atoms with Gasteiger partial charge in [0, 0.05) is 16.6 Å². The molecule has 0 heterocycles. The number of halogens is 5. The second-order valence-electron chi connectivity index (χ2n) is 5.50. The molecule has 1 unspecified atom stereocenters. The summed E-state index contributed by atoms with van der Waals surface area (Å²) in [4.78, 5) is 0. The highest BCUT2D eigenvalue weighted by molar-refractivity contribution is 6.31. The van der Waals surface area contributed by atoms with Gasteiger partial charge >= 0.3 is 6.18 Å². The van der Waals surface area contributed by atoms with E-state index in [4.69, 9.17) is 28.9 Å². The minimum atomic E-state index is -4.42. The van der Waals surface area contributed by atoms with Gasteiger partial charge in [-0.3, -0.25) is 0 Å². The molecule has 0 radical (unpaired) electrons. The Hall–Kier alpha value is -1.49. The SMILES string of the molecule is Cc1cc(Cl)cc(C(/C=C/c2ccc(CN)c(Cl)c2)C(F)(F)F)c1. The van der Waals surface area contributed by atoms with E-state index >= 15 is 0 Å². The summed E-state index contributed by atoms with van der Waals surface area (Å²) in [5.74, 6) is -1.75. The molecule has 0 bridgehead atoms. The molecule has 2 aromatic rings. The Labute approximate surface area is 148 Å². The van der Waals surface area contributed by atoms with Crippen molar-refractivity contribution in [1.82, 2.24) is 0 Å². The Morgan fingerprint density at radius 3 is 2.38 bits per heavy atom. The average molecular weight is 374 g/mol. The molecule has 0 spiro atoms. The molecule has 0 saturated carbocycles. The molecule has 128 valence electrons. The number of hydrogen-bond donors (Lipinski definition) is 1. The van der Waals surface area contributed by atoms with E-state index in [1.165, 1.54) is 18.2 Å². The predicted octanol–water partition coefficient (Wildman–Crippen LogP) is 6.12. The van der Waals surface area contributed by atoms with Crippen LogP contribution in [0.2, 0.25) is 10.0 Å². The zero-order valence-corrected chi connectivity index (χ0v) is 14.4. The third-order valence-electron chi connectivity index (χ3n) is 3.55. The highest BCUT2D eigenvalue weighted by Crippen LogP contribution is 2.37. The van der Waals surface area contributed by atoms with Crippen LogP contribution in [0.15, 0.2) is 42.5 Å². The highest BCUT2D eigenvalue weighted by atomic mass is 35.5. The quantitative estimate of drug-likeness (QED) is 0.686. The van der Waals surface area contributed by atoms with Gasteiger partial charge in [-0.05, 0) is 47.4 Å². The topological polar surface area (TPSA) is 26.0 Å². The maximum absolute atomic E-state index is 13.4. The monoisotopic (exact) mass is 373 g/mol. The molecule has 2 N–H and O–H groups in total. The van der Waals surface area contributed by atoms with E-state index in [9.17, 15) is 13.2 Å². The maximum atomic E-state index is 13.4. The van der Waals surface area contributed by atoms with E-state index in [0.717, 1.165) is 11.6 Å². The Bertz CT molecular complexity index is 734. The smallest absolute Gasteiger partial charge is 0.326 e. The Kier molecular flexibility index (Phi) is 5.97. The minimum Gasteiger partial charge on any atom is -0.326 e. The Morgan fingerprint density at radius 1 is 1.12 bits per heavy atom. The summed E-state index contributed by atoms with van der Waals surface area (Å²) >= 11 is 11.9. The van der Waals surface area contributed by atoms with Crippen molar-refractivity contribution in [2.24, 2.45) is 5.73 Å². The lowest BCUT2D eigenvalue weighted by Gasteiger charge is -2.18. The molecule has 24 heavy (non-hydrogen) atoms. The first-order valence-electron chi connectivity index (χ1n) is 7.21. The normalized spacial score (nSPS) is 13.5. The fourth-order valence-electron chi connectivity index (χ4n) is 2.39. The number of allylic oxidation sites excluding steroid dienone is 1. The van der Waals surface area contributed by atoms with Crippen LogP contribution in [0, 0.1) is 6.92 Å². The summed E-state index contributed by atoms with van der Waals surface area (Å²) in [5.41, 5.74) is 7.62. The van der Waals surface area contributed by atoms with Gasteiger partial charge in [-0.25, -0.2) is 0 Å². The fourth-order valence-corrected chi connectivity index (χ4v) is 2.96. The van der Waals surface area contributed by atoms with Gasteiger partial charge in [-0.1, -0.05) is 53.6 Å². The molecule has 1 nitrogen and oxygen atoms in total. The average Bonchev–Trinajstić information content (AvgIpc) is 2.45. The fraction of sp³-hybridized carbons (Fsp3) is 0.222. The van der Waals surface area contributed by atoms with E-state index in [0.29, 0.717) is 16.1 Å². The molecule has 2 aromatic carbocycles. The summed E-state index contributed by atoms with van der Waals surface area (Å²) in [6, 6.07) is 9.42. The van der Waals surface area contributed by atoms with Gasteiger partial charge in [-0.2, -0.15) is 13.2 Å². The van der Waals surface area contributed by atoms with Crippen molar-refractivity contribution in [1.29, 1.82) is 0 Å². The first-order chi connectivity index (χ1) is 11.2. The number of hydrogen-bond acceptors (Lipinski definition) is 1. The molecule has 0 amide bonds. The molecular formula is C18H16Cl2F3N. The standard InChI is InChI=1S/C18H16Cl2F3N/c1-11-6-14(9-15(19)7-11)16(18(21,22)23)5-3-12-2-4-13(10-24)17(20)8-12/h2-9,16H,10,24H2,1H3/b5-3+. The van der Waals surface area contributed by atoms with Crippen molar-refractivity contribution in [2.75, 3.05) is 0 Å². The van der Waals surface area contributed by atoms with E-state index in [1.54, 1.807) is 31.2 Å². The summed E-state index contributed by atoms with van der Waals surface area (Å²) in [5, 5.41) is 0.713. The van der Waals surface area contributed by atoms with Crippen LogP contribution in [0.4, 0.5) is 13.2 Å².